The van der Waals surface area contributed by atoms with E-state index in [0.29, 0.717) is 37.5 Å². The Morgan fingerprint density at radius 3 is 2.12 bits per heavy atom. The molecule has 0 heterocycles. The van der Waals surface area contributed by atoms with E-state index in [1.54, 1.807) is 25.3 Å². The van der Waals surface area contributed by atoms with E-state index in [-0.39, 0.29) is 66.8 Å². The molecule has 0 aliphatic carbocycles. The molecule has 248 valence electrons. The molecule has 0 aliphatic rings. The van der Waals surface area contributed by atoms with Crippen LogP contribution in [0.1, 0.15) is 84.0 Å². The van der Waals surface area contributed by atoms with E-state index in [1.807, 2.05) is 33.8 Å². The Labute approximate surface area is 264 Å². The van der Waals surface area contributed by atoms with Crippen molar-refractivity contribution in [2.45, 2.75) is 91.8 Å². The van der Waals surface area contributed by atoms with E-state index in [2.05, 4.69) is 24.5 Å². The minimum absolute atomic E-state index is 0. The smallest absolute Gasteiger partial charge is 0.255 e. The molecule has 11 heteroatoms. The lowest BCUT2D eigenvalue weighted by Gasteiger charge is -2.31. The maximum atomic E-state index is 13.1. The second-order valence-corrected chi connectivity index (χ2v) is 12.3. The van der Waals surface area contributed by atoms with Crippen molar-refractivity contribution < 1.29 is 29.0 Å². The summed E-state index contributed by atoms with van der Waals surface area (Å²) < 4.78 is 10.9. The average molecular weight is 629 g/mol. The number of unbranched alkanes of at least 4 members (excludes halogenated alkanes) is 1. The third-order valence-electron chi connectivity index (χ3n) is 7.86. The first-order valence-corrected chi connectivity index (χ1v) is 15.3. The first kappa shape index (κ1) is 40.6. The van der Waals surface area contributed by atoms with Gasteiger partial charge in [0.1, 0.15) is 5.75 Å². The van der Waals surface area contributed by atoms with Crippen molar-refractivity contribution >= 4 is 30.1 Å². The molecule has 0 radical (unpaired) electrons. The number of halogens is 1. The lowest BCUT2D eigenvalue weighted by molar-refractivity contribution is -0.129. The second-order valence-electron chi connectivity index (χ2n) is 12.3. The number of nitrogens with two attached hydrogens (primary N) is 2. The Morgan fingerprint density at radius 2 is 1.56 bits per heavy atom. The molecule has 1 rings (SSSR count). The highest BCUT2D eigenvalue weighted by atomic mass is 35.5. The average Bonchev–Trinajstić information content (AvgIpc) is 2.92. The molecule has 0 unspecified atom stereocenters. The van der Waals surface area contributed by atoms with Crippen LogP contribution in [0.25, 0.3) is 0 Å². The molecule has 10 nitrogen and oxygen atoms in total. The molecule has 0 saturated heterocycles. The van der Waals surface area contributed by atoms with E-state index in [4.69, 9.17) is 20.9 Å². The fraction of sp³-hybridized carbons (Fsp3) is 0.719. The largest absolute Gasteiger partial charge is 0.493 e. The molecule has 0 fully saturated rings. The zero-order chi connectivity index (χ0) is 31.8. The van der Waals surface area contributed by atoms with Gasteiger partial charge in [-0.15, -0.1) is 12.4 Å². The third-order valence-corrected chi connectivity index (χ3v) is 7.86. The Balaban J connectivity index is 0.0000176. The van der Waals surface area contributed by atoms with Crippen molar-refractivity contribution in [3.05, 3.63) is 29.8 Å². The molecule has 0 saturated carbocycles. The number of rotatable bonds is 21. The highest BCUT2D eigenvalue weighted by Gasteiger charge is 2.31. The minimum atomic E-state index is -0.916. The Hall–Kier alpha value is -2.40. The summed E-state index contributed by atoms with van der Waals surface area (Å²) in [6, 6.07) is 6.21. The number of primary amides is 1. The van der Waals surface area contributed by atoms with Gasteiger partial charge in [0.15, 0.2) is 0 Å². The summed E-state index contributed by atoms with van der Waals surface area (Å²) in [5.41, 5.74) is 12.3. The summed E-state index contributed by atoms with van der Waals surface area (Å²) in [6.45, 7) is 13.4. The molecule has 0 spiro atoms. The number of para-hydroxylation sites is 1. The van der Waals surface area contributed by atoms with Crippen LogP contribution in [-0.4, -0.2) is 67.9 Å². The van der Waals surface area contributed by atoms with E-state index < -0.39 is 24.0 Å². The van der Waals surface area contributed by atoms with Gasteiger partial charge in [-0.2, -0.15) is 0 Å². The van der Waals surface area contributed by atoms with Crippen LogP contribution in [0.2, 0.25) is 0 Å². The van der Waals surface area contributed by atoms with E-state index in [1.165, 1.54) is 0 Å². The molecule has 43 heavy (non-hydrogen) atoms. The van der Waals surface area contributed by atoms with Crippen LogP contribution in [0.4, 0.5) is 0 Å². The fourth-order valence-corrected chi connectivity index (χ4v) is 4.80. The highest BCUT2D eigenvalue weighted by Crippen LogP contribution is 2.24. The van der Waals surface area contributed by atoms with Gasteiger partial charge in [0.25, 0.3) is 5.91 Å². The van der Waals surface area contributed by atoms with Gasteiger partial charge >= 0.3 is 0 Å². The summed E-state index contributed by atoms with van der Waals surface area (Å²) in [6.07, 6.45) is 1.51. The number of benzene rings is 1. The van der Waals surface area contributed by atoms with Gasteiger partial charge in [-0.25, -0.2) is 0 Å². The quantitative estimate of drug-likeness (QED) is 0.130. The van der Waals surface area contributed by atoms with Crippen LogP contribution in [0.5, 0.6) is 5.75 Å². The number of nitrogens with one attached hydrogen (secondary N) is 2. The highest BCUT2D eigenvalue weighted by molar-refractivity contribution is 5.96. The normalized spacial score (nSPS) is 14.9. The molecule has 5 atom stereocenters. The van der Waals surface area contributed by atoms with Crippen molar-refractivity contribution in [1.82, 2.24) is 10.6 Å². The second kappa shape index (κ2) is 21.3. The van der Waals surface area contributed by atoms with Crippen LogP contribution < -0.4 is 26.8 Å². The summed E-state index contributed by atoms with van der Waals surface area (Å²) in [7, 11) is 1.66. The lowest BCUT2D eigenvalue weighted by atomic mass is 9.83. The Morgan fingerprint density at radius 1 is 0.930 bits per heavy atom. The molecule has 0 aliphatic heterocycles. The Kier molecular flexibility index (Phi) is 20.1. The van der Waals surface area contributed by atoms with Crippen LogP contribution in [0.3, 0.4) is 0 Å². The summed E-state index contributed by atoms with van der Waals surface area (Å²) in [4.78, 5) is 37.7. The summed E-state index contributed by atoms with van der Waals surface area (Å²) in [5, 5.41) is 17.0. The van der Waals surface area contributed by atoms with Gasteiger partial charge in [-0.3, -0.25) is 14.4 Å². The number of ether oxygens (including phenoxy) is 2. The first-order chi connectivity index (χ1) is 19.8. The molecule has 1 aromatic carbocycles. The summed E-state index contributed by atoms with van der Waals surface area (Å²) >= 11 is 0. The monoisotopic (exact) mass is 628 g/mol. The lowest BCUT2D eigenvalue weighted by Crippen LogP contribution is -2.47. The van der Waals surface area contributed by atoms with Gasteiger partial charge in [0, 0.05) is 44.7 Å². The van der Waals surface area contributed by atoms with Crippen molar-refractivity contribution in [1.29, 1.82) is 0 Å². The SMILES string of the molecule is COCCCCOc1ccccc1C(=O)NC[C@@H](C[C@H](N)[C@@H](O)C[C@H](C(=O)N[C@H](CC(N)=O)C(C)C)C(C)C)C(C)C.Cl. The number of carbonyl (C=O) groups excluding carboxylic acids is 3. The van der Waals surface area contributed by atoms with E-state index >= 15 is 0 Å². The molecular formula is C32H57ClN4O6. The molecule has 0 aromatic heterocycles. The first-order valence-electron chi connectivity index (χ1n) is 15.3. The van der Waals surface area contributed by atoms with E-state index in [0.717, 1.165) is 12.8 Å². The number of amides is 3. The van der Waals surface area contributed by atoms with Gasteiger partial charge in [0.05, 0.1) is 18.3 Å². The molecule has 7 N–H and O–H groups in total. The van der Waals surface area contributed by atoms with Crippen LogP contribution in [0.15, 0.2) is 24.3 Å². The molecule has 3 amide bonds. The standard InChI is InChI=1S/C32H56N4O6.ClH/c1-20(2)23(19-35-31(39)24-12-8-9-13-29(24)42-15-11-10-14-41-7)16-26(33)28(37)17-25(21(3)4)32(40)36-27(22(5)6)18-30(34)38;/h8-9,12-13,20-23,25-28,37H,10-11,14-19,33H2,1-7H3,(H2,34,38)(H,35,39)(H,36,40);1H/t23-,25+,26+,27-,28+;/m1./s1. The zero-order valence-electron chi connectivity index (χ0n) is 27.1. The maximum absolute atomic E-state index is 13.1. The molecule has 1 aromatic rings. The van der Waals surface area contributed by atoms with Crippen molar-refractivity contribution in [2.24, 2.45) is 41.1 Å². The van der Waals surface area contributed by atoms with Gasteiger partial charge < -0.3 is 36.7 Å². The maximum Gasteiger partial charge on any atom is 0.255 e. The van der Waals surface area contributed by atoms with Crippen molar-refractivity contribution in [2.75, 3.05) is 26.9 Å². The number of methoxy groups -OCH3 is 1. The van der Waals surface area contributed by atoms with E-state index in [9.17, 15) is 19.5 Å². The minimum Gasteiger partial charge on any atom is -0.493 e. The van der Waals surface area contributed by atoms with Gasteiger partial charge in [0.2, 0.25) is 11.8 Å². The topological polar surface area (TPSA) is 166 Å². The number of hydrogen-bond acceptors (Lipinski definition) is 7. The predicted octanol–water partition coefficient (Wildman–Crippen LogP) is 3.67. The van der Waals surface area contributed by atoms with Gasteiger partial charge in [-0.1, -0.05) is 53.7 Å². The zero-order valence-corrected chi connectivity index (χ0v) is 28.0. The predicted molar refractivity (Wildman–Crippen MR) is 173 cm³/mol. The van der Waals surface area contributed by atoms with Gasteiger partial charge in [-0.05, 0) is 61.5 Å². The third kappa shape index (κ3) is 15.2. The Bertz CT molecular complexity index is 962. The molecular weight excluding hydrogens is 572 g/mol. The number of carbonyl (C=O) groups is 3. The fourth-order valence-electron chi connectivity index (χ4n) is 4.80. The number of aliphatic hydroxyl groups is 1. The molecule has 0 bridgehead atoms. The number of aliphatic hydroxyl groups excluding tert-OH is 1. The van der Waals surface area contributed by atoms with Crippen LogP contribution in [-0.2, 0) is 14.3 Å². The van der Waals surface area contributed by atoms with Crippen molar-refractivity contribution in [3.8, 4) is 5.75 Å². The summed E-state index contributed by atoms with van der Waals surface area (Å²) in [5.74, 6) is -0.680. The number of hydrogen-bond donors (Lipinski definition) is 5. The van der Waals surface area contributed by atoms with Crippen LogP contribution >= 0.6 is 12.4 Å². The van der Waals surface area contributed by atoms with Crippen LogP contribution in [0, 0.1) is 29.6 Å². The van der Waals surface area contributed by atoms with Crippen molar-refractivity contribution in [3.63, 3.8) is 0 Å².